The summed E-state index contributed by atoms with van der Waals surface area (Å²) in [5, 5.41) is 22.9. The molecule has 0 saturated heterocycles. The number of carboxylic acid groups (broad SMARTS) is 1. The first-order chi connectivity index (χ1) is 10.0. The van der Waals surface area contributed by atoms with Gasteiger partial charge in [0.1, 0.15) is 10.8 Å². The molecule has 0 unspecified atom stereocenters. The van der Waals surface area contributed by atoms with E-state index in [2.05, 4.69) is 10.3 Å². The number of carbonyl (C=O) groups is 2. The van der Waals surface area contributed by atoms with Gasteiger partial charge in [-0.15, -0.1) is 11.3 Å². The van der Waals surface area contributed by atoms with E-state index in [4.69, 9.17) is 5.11 Å². The number of rotatable bonds is 6. The summed E-state index contributed by atoms with van der Waals surface area (Å²) in [5.74, 6) is -0.991. The van der Waals surface area contributed by atoms with Crippen molar-refractivity contribution in [1.82, 2.24) is 10.3 Å². The number of nitrogens with one attached hydrogen (secondary N) is 1. The Morgan fingerprint density at radius 1 is 1.29 bits per heavy atom. The van der Waals surface area contributed by atoms with E-state index in [0.29, 0.717) is 17.2 Å². The first-order valence-corrected chi connectivity index (χ1v) is 7.10. The molecule has 1 heterocycles. The van der Waals surface area contributed by atoms with Crippen LogP contribution in [0.2, 0.25) is 0 Å². The number of hydrogen-bond acceptors (Lipinski definition) is 5. The largest absolute Gasteiger partial charge is 0.508 e. The van der Waals surface area contributed by atoms with Crippen LogP contribution in [0.1, 0.15) is 16.3 Å². The molecular formula is C14H14N2O4S. The smallest absolute Gasteiger partial charge is 0.309 e. The average molecular weight is 306 g/mol. The Labute approximate surface area is 125 Å². The third-order valence-electron chi connectivity index (χ3n) is 2.64. The van der Waals surface area contributed by atoms with Gasteiger partial charge < -0.3 is 15.5 Å². The predicted molar refractivity (Wildman–Crippen MR) is 77.1 cm³/mol. The van der Waals surface area contributed by atoms with Gasteiger partial charge in [-0.05, 0) is 17.7 Å². The third kappa shape index (κ3) is 4.88. The fourth-order valence-corrected chi connectivity index (χ4v) is 2.53. The Morgan fingerprint density at radius 3 is 2.81 bits per heavy atom. The van der Waals surface area contributed by atoms with Gasteiger partial charge in [0, 0.05) is 11.9 Å². The van der Waals surface area contributed by atoms with E-state index >= 15 is 0 Å². The lowest BCUT2D eigenvalue weighted by Crippen LogP contribution is -2.24. The Morgan fingerprint density at radius 2 is 2.10 bits per heavy atom. The maximum Gasteiger partial charge on any atom is 0.309 e. The summed E-state index contributed by atoms with van der Waals surface area (Å²) in [6.45, 7) is 0.320. The van der Waals surface area contributed by atoms with Crippen LogP contribution in [-0.4, -0.2) is 27.1 Å². The highest BCUT2D eigenvalue weighted by atomic mass is 32.1. The van der Waals surface area contributed by atoms with Crippen molar-refractivity contribution in [2.75, 3.05) is 0 Å². The van der Waals surface area contributed by atoms with Crippen molar-refractivity contribution >= 4 is 23.2 Å². The number of aromatic hydroxyl groups is 1. The minimum atomic E-state index is -0.944. The highest BCUT2D eigenvalue weighted by Gasteiger charge is 2.10. The molecule has 0 aliphatic rings. The van der Waals surface area contributed by atoms with E-state index in [1.807, 2.05) is 0 Å². The van der Waals surface area contributed by atoms with Crippen molar-refractivity contribution in [1.29, 1.82) is 0 Å². The van der Waals surface area contributed by atoms with Crippen LogP contribution in [0.25, 0.3) is 0 Å². The minimum absolute atomic E-state index is 0.114. The predicted octanol–water partition coefficient (Wildman–Crippen LogP) is 1.33. The molecule has 0 fully saturated rings. The highest BCUT2D eigenvalue weighted by molar-refractivity contribution is 7.09. The van der Waals surface area contributed by atoms with Crippen LogP contribution in [-0.2, 0) is 29.0 Å². The molecule has 0 bridgehead atoms. The van der Waals surface area contributed by atoms with Gasteiger partial charge in [0.05, 0.1) is 18.5 Å². The monoisotopic (exact) mass is 306 g/mol. The summed E-state index contributed by atoms with van der Waals surface area (Å²) >= 11 is 1.27. The number of benzene rings is 1. The topological polar surface area (TPSA) is 99.5 Å². The van der Waals surface area contributed by atoms with Crippen molar-refractivity contribution in [2.45, 2.75) is 19.4 Å². The second-order valence-electron chi connectivity index (χ2n) is 4.43. The number of hydrogen-bond donors (Lipinski definition) is 3. The van der Waals surface area contributed by atoms with Crippen LogP contribution in [0.5, 0.6) is 5.75 Å². The van der Waals surface area contributed by atoms with Crippen molar-refractivity contribution < 1.29 is 19.8 Å². The molecule has 110 valence electrons. The van der Waals surface area contributed by atoms with Gasteiger partial charge in [0.15, 0.2) is 0 Å². The van der Waals surface area contributed by atoms with E-state index in [1.165, 1.54) is 11.3 Å². The number of carboxylic acids is 1. The van der Waals surface area contributed by atoms with Gasteiger partial charge in [0.2, 0.25) is 5.91 Å². The molecule has 3 N–H and O–H groups in total. The van der Waals surface area contributed by atoms with E-state index in [1.54, 1.807) is 29.6 Å². The van der Waals surface area contributed by atoms with Crippen molar-refractivity contribution in [3.05, 3.63) is 45.9 Å². The van der Waals surface area contributed by atoms with Gasteiger partial charge >= 0.3 is 5.97 Å². The Kier molecular flexibility index (Phi) is 4.89. The summed E-state index contributed by atoms with van der Waals surface area (Å²) in [5.41, 5.74) is 1.26. The Balaban J connectivity index is 1.84. The molecule has 1 aromatic heterocycles. The van der Waals surface area contributed by atoms with E-state index in [0.717, 1.165) is 5.56 Å². The SMILES string of the molecule is O=C(O)Cc1csc(CC(=O)NCc2cccc(O)c2)n1. The maximum atomic E-state index is 11.8. The summed E-state index contributed by atoms with van der Waals surface area (Å²) in [7, 11) is 0. The van der Waals surface area contributed by atoms with Crippen LogP contribution in [0, 0.1) is 0 Å². The molecule has 6 nitrogen and oxygen atoms in total. The summed E-state index contributed by atoms with van der Waals surface area (Å²) in [4.78, 5) is 26.4. The molecule has 0 aliphatic carbocycles. The fourth-order valence-electron chi connectivity index (χ4n) is 1.73. The molecule has 0 saturated carbocycles. The summed E-state index contributed by atoms with van der Waals surface area (Å²) < 4.78 is 0. The number of nitrogens with zero attached hydrogens (tertiary/aromatic N) is 1. The van der Waals surface area contributed by atoms with Crippen LogP contribution in [0.3, 0.4) is 0 Å². The van der Waals surface area contributed by atoms with Gasteiger partial charge in [-0.2, -0.15) is 0 Å². The molecule has 2 rings (SSSR count). The zero-order chi connectivity index (χ0) is 15.2. The number of phenolic OH excluding ortho intramolecular Hbond substituents is 1. The van der Waals surface area contributed by atoms with Gasteiger partial charge in [-0.3, -0.25) is 9.59 Å². The first kappa shape index (κ1) is 15.0. The molecule has 1 aromatic carbocycles. The summed E-state index contributed by atoms with van der Waals surface area (Å²) in [6.07, 6.45) is -0.0233. The average Bonchev–Trinajstić information content (AvgIpc) is 2.83. The van der Waals surface area contributed by atoms with E-state index in [-0.39, 0.29) is 24.5 Å². The first-order valence-electron chi connectivity index (χ1n) is 6.22. The maximum absolute atomic E-state index is 11.8. The standard InChI is InChI=1S/C14H14N2O4S/c17-11-3-1-2-9(4-11)7-15-12(18)6-13-16-10(8-21-13)5-14(19)20/h1-4,8,17H,5-7H2,(H,15,18)(H,19,20). The number of aromatic nitrogens is 1. The normalized spacial score (nSPS) is 10.3. The molecule has 0 spiro atoms. The molecule has 7 heteroatoms. The van der Waals surface area contributed by atoms with Crippen molar-refractivity contribution in [3.8, 4) is 5.75 Å². The van der Waals surface area contributed by atoms with E-state index < -0.39 is 5.97 Å². The zero-order valence-electron chi connectivity index (χ0n) is 11.1. The number of phenols is 1. The zero-order valence-corrected chi connectivity index (χ0v) is 11.9. The lowest BCUT2D eigenvalue weighted by Gasteiger charge is -2.04. The van der Waals surface area contributed by atoms with Crippen LogP contribution < -0.4 is 5.32 Å². The van der Waals surface area contributed by atoms with Gasteiger partial charge in [-0.1, -0.05) is 12.1 Å². The second-order valence-corrected chi connectivity index (χ2v) is 5.37. The molecule has 1 amide bonds. The molecular weight excluding hydrogens is 292 g/mol. The number of aliphatic carboxylic acids is 1. The number of carbonyl (C=O) groups excluding carboxylic acids is 1. The van der Waals surface area contributed by atoms with Crippen molar-refractivity contribution in [2.24, 2.45) is 0 Å². The highest BCUT2D eigenvalue weighted by Crippen LogP contribution is 2.12. The molecule has 0 atom stereocenters. The van der Waals surface area contributed by atoms with Crippen LogP contribution in [0.4, 0.5) is 0 Å². The molecule has 21 heavy (non-hydrogen) atoms. The minimum Gasteiger partial charge on any atom is -0.508 e. The van der Waals surface area contributed by atoms with Crippen LogP contribution in [0.15, 0.2) is 29.6 Å². The molecule has 2 aromatic rings. The van der Waals surface area contributed by atoms with E-state index in [9.17, 15) is 14.7 Å². The van der Waals surface area contributed by atoms with Crippen molar-refractivity contribution in [3.63, 3.8) is 0 Å². The van der Waals surface area contributed by atoms with Crippen LogP contribution >= 0.6 is 11.3 Å². The Hall–Kier alpha value is -2.41. The number of amides is 1. The lowest BCUT2D eigenvalue weighted by atomic mass is 10.2. The van der Waals surface area contributed by atoms with Gasteiger partial charge in [0.25, 0.3) is 0 Å². The lowest BCUT2D eigenvalue weighted by molar-refractivity contribution is -0.136. The molecule has 0 aliphatic heterocycles. The fraction of sp³-hybridized carbons (Fsp3) is 0.214. The van der Waals surface area contributed by atoms with Gasteiger partial charge in [-0.25, -0.2) is 4.98 Å². The molecule has 0 radical (unpaired) electrons. The Bertz CT molecular complexity index is 654. The summed E-state index contributed by atoms with van der Waals surface area (Å²) in [6, 6.07) is 6.64. The third-order valence-corrected chi connectivity index (χ3v) is 3.54. The number of thiazole rings is 1. The second kappa shape index (κ2) is 6.85. The quantitative estimate of drug-likeness (QED) is 0.748.